The number of anilines is 2. The van der Waals surface area contributed by atoms with Crippen LogP contribution in [0.1, 0.15) is 108 Å². The number of urea groups is 1. The summed E-state index contributed by atoms with van der Waals surface area (Å²) >= 11 is 0. The summed E-state index contributed by atoms with van der Waals surface area (Å²) in [6.07, 6.45) is -5.81. The minimum absolute atomic E-state index is 0.0534. The molecule has 3 saturated heterocycles. The van der Waals surface area contributed by atoms with Crippen LogP contribution in [0.3, 0.4) is 0 Å². The van der Waals surface area contributed by atoms with Crippen LogP contribution in [-0.2, 0) is 33.2 Å². The summed E-state index contributed by atoms with van der Waals surface area (Å²) in [7, 11) is 6.33. The summed E-state index contributed by atoms with van der Waals surface area (Å²) in [6.45, 7) is 24.5. The Kier molecular flexibility index (Phi) is 21.4. The van der Waals surface area contributed by atoms with Crippen molar-refractivity contribution in [1.29, 1.82) is 0 Å². The van der Waals surface area contributed by atoms with Crippen LogP contribution >= 0.6 is 0 Å². The molecular formula is C55H88N4O14. The van der Waals surface area contributed by atoms with Gasteiger partial charge in [0.15, 0.2) is 24.1 Å². The van der Waals surface area contributed by atoms with E-state index in [4.69, 9.17) is 42.6 Å². The van der Waals surface area contributed by atoms with E-state index in [0.717, 1.165) is 13.0 Å². The van der Waals surface area contributed by atoms with Gasteiger partial charge in [0.2, 0.25) is 0 Å². The molecule has 16 atom stereocenters. The molecule has 5 rings (SSSR count). The number of amides is 2. The zero-order chi connectivity index (χ0) is 54.0. The molecule has 1 unspecified atom stereocenters. The highest BCUT2D eigenvalue weighted by molar-refractivity contribution is 6.02. The van der Waals surface area contributed by atoms with E-state index >= 15 is 0 Å². The lowest BCUT2D eigenvalue weighted by Crippen LogP contribution is -2.58. The van der Waals surface area contributed by atoms with Crippen molar-refractivity contribution < 1.29 is 67.5 Å². The number of rotatable bonds is 16. The van der Waals surface area contributed by atoms with Crippen LogP contribution in [0.2, 0.25) is 0 Å². The molecule has 73 heavy (non-hydrogen) atoms. The van der Waals surface area contributed by atoms with E-state index < -0.39 is 83.9 Å². The van der Waals surface area contributed by atoms with Crippen molar-refractivity contribution in [3.63, 3.8) is 0 Å². The Morgan fingerprint density at radius 3 is 2.23 bits per heavy atom. The number of hydrogen-bond acceptors (Lipinski definition) is 16. The van der Waals surface area contributed by atoms with Crippen molar-refractivity contribution in [2.24, 2.45) is 17.8 Å². The van der Waals surface area contributed by atoms with Crippen LogP contribution in [-0.4, -0.2) is 153 Å². The summed E-state index contributed by atoms with van der Waals surface area (Å²) in [5, 5.41) is 46.3. The number of ether oxygens (including phenoxy) is 9. The van der Waals surface area contributed by atoms with Crippen molar-refractivity contribution >= 4 is 23.4 Å². The third-order valence-electron chi connectivity index (χ3n) is 15.2. The topological polar surface area (TPSA) is 217 Å². The molecule has 0 bridgehead atoms. The lowest BCUT2D eigenvalue weighted by Gasteiger charge is -2.49. The molecule has 412 valence electrons. The Morgan fingerprint density at radius 1 is 0.932 bits per heavy atom. The van der Waals surface area contributed by atoms with Gasteiger partial charge in [-0.05, 0) is 105 Å². The second-order valence-corrected chi connectivity index (χ2v) is 21.2. The van der Waals surface area contributed by atoms with Gasteiger partial charge in [0.25, 0.3) is 0 Å². The molecule has 0 spiro atoms. The lowest BCUT2D eigenvalue weighted by molar-refractivity contribution is -0.300. The molecule has 18 nitrogen and oxygen atoms in total. The zero-order valence-corrected chi connectivity index (χ0v) is 45.9. The number of carbonyl (C=O) groups is 2. The average Bonchev–Trinajstić information content (AvgIpc) is 3.36. The summed E-state index contributed by atoms with van der Waals surface area (Å²) in [4.78, 5) is 29.9. The van der Waals surface area contributed by atoms with Crippen LogP contribution in [0.15, 0.2) is 54.6 Å². The van der Waals surface area contributed by atoms with Gasteiger partial charge in [-0.25, -0.2) is 9.59 Å². The third-order valence-corrected chi connectivity index (χ3v) is 15.2. The van der Waals surface area contributed by atoms with E-state index in [1.54, 1.807) is 47.1 Å². The monoisotopic (exact) mass is 1030 g/mol. The average molecular weight is 1030 g/mol. The first-order valence-corrected chi connectivity index (χ1v) is 26.1. The number of carbonyl (C=O) groups excluding carboxylic acids is 2. The van der Waals surface area contributed by atoms with Gasteiger partial charge in [0, 0.05) is 62.8 Å². The zero-order valence-electron chi connectivity index (χ0n) is 45.9. The highest BCUT2D eigenvalue weighted by Crippen LogP contribution is 2.43. The summed E-state index contributed by atoms with van der Waals surface area (Å²) < 4.78 is 57.9. The second-order valence-electron chi connectivity index (χ2n) is 21.2. The number of benzene rings is 2. The fourth-order valence-corrected chi connectivity index (χ4v) is 10.7. The van der Waals surface area contributed by atoms with Crippen LogP contribution < -0.4 is 35.1 Å². The maximum absolute atomic E-state index is 14.6. The maximum atomic E-state index is 14.6. The van der Waals surface area contributed by atoms with Gasteiger partial charge in [-0.2, -0.15) is 0 Å². The number of nitrogens with zero attached hydrogens (tertiary/aromatic N) is 1. The van der Waals surface area contributed by atoms with Crippen molar-refractivity contribution in [2.45, 2.75) is 186 Å². The minimum Gasteiger partial charge on any atom is -0.493 e. The molecule has 2 aromatic carbocycles. The number of cyclic esters (lactones) is 1. The van der Waals surface area contributed by atoms with Crippen molar-refractivity contribution in [3.05, 3.63) is 54.6 Å². The van der Waals surface area contributed by atoms with E-state index in [0.29, 0.717) is 48.8 Å². The molecule has 0 saturated carbocycles. The standard InChI is InChI=1S/C55H88N4O14/c1-16-25-56-31-39-37(8)69-46(29-54(39,10)67-15)72-47-34(5)49(53(9,63)28-32(3)30-57-36(7)48(60)55(11,64)45(17-2)71-50(61)35(47)6)73-51-41(24-23-33(4)68-51)70-42-27-44(66-14)43(65-13)26-40(42)58-52(62)59(12)38-21-19-18-20-22-38/h18-22,26-27,32-34,36-37,39,41,45-49,51,56-57,60,63-64H,6,16-17,23-25,28-31H2,1-5,7-15H3,(H,58,62)/t32-,33-,34+,36-,37+,39?,41-,45-,46+,47+,48-,49-,51+,53-,54-,55-/m1/s1. The van der Waals surface area contributed by atoms with Crippen molar-refractivity contribution in [1.82, 2.24) is 10.6 Å². The van der Waals surface area contributed by atoms with E-state index in [9.17, 15) is 24.9 Å². The minimum atomic E-state index is -1.87. The van der Waals surface area contributed by atoms with Crippen LogP contribution in [0.4, 0.5) is 16.2 Å². The molecule has 3 aliphatic rings. The maximum Gasteiger partial charge on any atom is 0.336 e. The van der Waals surface area contributed by atoms with Crippen LogP contribution in [0.5, 0.6) is 17.2 Å². The molecule has 0 aromatic heterocycles. The normalized spacial score (nSPS) is 36.0. The summed E-state index contributed by atoms with van der Waals surface area (Å²) in [5.41, 5.74) is -3.41. The number of nitrogens with one attached hydrogen (secondary N) is 3. The summed E-state index contributed by atoms with van der Waals surface area (Å²) in [5.74, 6) is -1.09. The predicted molar refractivity (Wildman–Crippen MR) is 279 cm³/mol. The van der Waals surface area contributed by atoms with Crippen LogP contribution in [0.25, 0.3) is 0 Å². The highest BCUT2D eigenvalue weighted by atomic mass is 16.7. The Hall–Kier alpha value is -4.08. The summed E-state index contributed by atoms with van der Waals surface area (Å²) in [6, 6.07) is 11.4. The van der Waals surface area contributed by atoms with Crippen LogP contribution in [0, 0.1) is 17.8 Å². The second kappa shape index (κ2) is 26.1. The molecule has 6 N–H and O–H groups in total. The molecule has 3 fully saturated rings. The van der Waals surface area contributed by atoms with Gasteiger partial charge in [0.05, 0.1) is 61.1 Å². The first kappa shape index (κ1) is 59.8. The number of esters is 1. The third kappa shape index (κ3) is 14.7. The fourth-order valence-electron chi connectivity index (χ4n) is 10.7. The Morgan fingerprint density at radius 2 is 1.60 bits per heavy atom. The lowest BCUT2D eigenvalue weighted by atomic mass is 9.78. The molecular weight excluding hydrogens is 941 g/mol. The predicted octanol–water partition coefficient (Wildman–Crippen LogP) is 6.97. The number of aliphatic hydroxyl groups excluding tert-OH is 1. The Balaban J connectivity index is 1.59. The molecule has 18 heteroatoms. The molecule has 3 aliphatic heterocycles. The molecule has 2 amide bonds. The van der Waals surface area contributed by atoms with Gasteiger partial charge in [-0.15, -0.1) is 0 Å². The van der Waals surface area contributed by atoms with Gasteiger partial charge < -0.3 is 73.9 Å². The fraction of sp³-hybridized carbons (Fsp3) is 0.709. The number of hydrogen-bond donors (Lipinski definition) is 6. The van der Waals surface area contributed by atoms with Gasteiger partial charge in [0.1, 0.15) is 29.7 Å². The molecule has 0 radical (unpaired) electrons. The van der Waals surface area contributed by atoms with E-state index in [-0.39, 0.29) is 54.6 Å². The van der Waals surface area contributed by atoms with Crippen molar-refractivity contribution in [2.75, 3.05) is 58.2 Å². The highest BCUT2D eigenvalue weighted by Gasteiger charge is 2.51. The smallest absolute Gasteiger partial charge is 0.336 e. The first-order chi connectivity index (χ1) is 34.4. The van der Waals surface area contributed by atoms with Crippen molar-refractivity contribution in [3.8, 4) is 17.2 Å². The quantitative estimate of drug-likeness (QED) is 0.0569. The molecule has 2 aromatic rings. The van der Waals surface area contributed by atoms with E-state index in [2.05, 4.69) is 29.5 Å². The van der Waals surface area contributed by atoms with E-state index in [1.165, 1.54) is 26.0 Å². The number of aliphatic hydroxyl groups is 3. The SMILES string of the molecule is C=C1C(=O)O[C@H](CC)[C@@](C)(O)[C@H](O)[C@@H](C)NC[C@H](C)C[C@@](C)(O)[C@H](O[C@@H]2O[C@H](C)CC[C@H]2Oc2cc(OC)c(OC)cc2NC(=O)N(C)c2ccccc2)[C@@H](C)[C@@H]1O[C@H]1C[C@@](C)(OC)C(CNCCC)[C@H](C)O1. The van der Waals surface area contributed by atoms with Gasteiger partial charge >= 0.3 is 12.0 Å². The van der Waals surface area contributed by atoms with E-state index in [1.807, 2.05) is 65.0 Å². The van der Waals surface area contributed by atoms with Gasteiger partial charge in [-0.1, -0.05) is 52.5 Å². The Bertz CT molecular complexity index is 2100. The molecule has 0 aliphatic carbocycles. The largest absolute Gasteiger partial charge is 0.493 e. The number of methoxy groups -OCH3 is 3. The first-order valence-electron chi connectivity index (χ1n) is 26.1. The Labute approximate surface area is 434 Å². The van der Waals surface area contributed by atoms with Gasteiger partial charge in [-0.3, -0.25) is 4.90 Å². The molecule has 3 heterocycles. The number of para-hydroxylation sites is 1.